The number of rotatable bonds is 17. The summed E-state index contributed by atoms with van der Waals surface area (Å²) in [6, 6.07) is 18.9. The molecule has 42 heavy (non-hydrogen) atoms. The predicted molar refractivity (Wildman–Crippen MR) is 178 cm³/mol. The van der Waals surface area contributed by atoms with Crippen molar-refractivity contribution in [1.82, 2.24) is 10.2 Å². The fourth-order valence-electron chi connectivity index (χ4n) is 4.82. The van der Waals surface area contributed by atoms with Crippen LogP contribution < -0.4 is 5.32 Å². The minimum absolute atomic E-state index is 0.0456. The summed E-state index contributed by atoms with van der Waals surface area (Å²) in [7, 11) is 0. The van der Waals surface area contributed by atoms with Crippen molar-refractivity contribution in [3.8, 4) is 0 Å². The van der Waals surface area contributed by atoms with Gasteiger partial charge >= 0.3 is 0 Å². The van der Waals surface area contributed by atoms with Crippen LogP contribution >= 0.6 is 0 Å². The zero-order valence-electron chi connectivity index (χ0n) is 27.5. The third kappa shape index (κ3) is 11.6. The van der Waals surface area contributed by atoms with E-state index in [0.29, 0.717) is 37.7 Å². The van der Waals surface area contributed by atoms with Gasteiger partial charge in [-0.05, 0) is 75.6 Å². The lowest BCUT2D eigenvalue weighted by Gasteiger charge is -2.27. The van der Waals surface area contributed by atoms with Crippen LogP contribution in [0.3, 0.4) is 0 Å². The number of hydrogen-bond donors (Lipinski definition) is 1. The number of nitrogens with zero attached hydrogens (tertiary/aromatic N) is 2. The average Bonchev–Trinajstić information content (AvgIpc) is 3.00. The van der Waals surface area contributed by atoms with Gasteiger partial charge in [0.05, 0.1) is 24.1 Å². The Bertz CT molecular complexity index is 1180. The summed E-state index contributed by atoms with van der Waals surface area (Å²) in [5.74, 6) is 1.40. The van der Waals surface area contributed by atoms with Crippen molar-refractivity contribution in [3.63, 3.8) is 0 Å². The summed E-state index contributed by atoms with van der Waals surface area (Å²) in [6.07, 6.45) is 7.05. The van der Waals surface area contributed by atoms with Crippen molar-refractivity contribution in [3.05, 3.63) is 94.2 Å². The van der Waals surface area contributed by atoms with Crippen LogP contribution in [0.1, 0.15) is 110 Å². The van der Waals surface area contributed by atoms with Crippen molar-refractivity contribution >= 4 is 11.7 Å². The van der Waals surface area contributed by atoms with Gasteiger partial charge in [0, 0.05) is 25.3 Å². The van der Waals surface area contributed by atoms with E-state index in [1.165, 1.54) is 11.1 Å². The Balaban J connectivity index is 2.42. The second-order valence-electron chi connectivity index (χ2n) is 11.4. The van der Waals surface area contributed by atoms with E-state index in [9.17, 15) is 4.79 Å². The number of ether oxygens (including phenoxy) is 1. The van der Waals surface area contributed by atoms with Gasteiger partial charge in [-0.1, -0.05) is 101 Å². The fourth-order valence-corrected chi connectivity index (χ4v) is 4.82. The van der Waals surface area contributed by atoms with Crippen LogP contribution in [0.2, 0.25) is 0 Å². The van der Waals surface area contributed by atoms with E-state index < -0.39 is 0 Å². The Morgan fingerprint density at radius 1 is 0.952 bits per heavy atom. The quantitative estimate of drug-likeness (QED) is 0.0888. The predicted octanol–water partition coefficient (Wildman–Crippen LogP) is 9.17. The monoisotopic (exact) mass is 573 g/mol. The molecule has 0 aliphatic rings. The van der Waals surface area contributed by atoms with Crippen LogP contribution in [0.15, 0.2) is 82.5 Å². The van der Waals surface area contributed by atoms with E-state index in [-0.39, 0.29) is 12.0 Å². The van der Waals surface area contributed by atoms with Gasteiger partial charge in [-0.3, -0.25) is 9.79 Å². The molecule has 1 N–H and O–H groups in total. The third-order valence-electron chi connectivity index (χ3n) is 7.86. The molecule has 0 bridgehead atoms. The molecular weight excluding hydrogens is 518 g/mol. The Kier molecular flexibility index (Phi) is 15.9. The zero-order valence-corrected chi connectivity index (χ0v) is 27.5. The molecule has 1 amide bonds. The smallest absolute Gasteiger partial charge is 0.255 e. The lowest BCUT2D eigenvalue weighted by molar-refractivity contribution is -0.127. The molecule has 0 saturated carbocycles. The van der Waals surface area contributed by atoms with Crippen LogP contribution in [-0.4, -0.2) is 29.7 Å². The van der Waals surface area contributed by atoms with Gasteiger partial charge in [-0.2, -0.15) is 0 Å². The molecule has 0 fully saturated rings. The molecule has 5 nitrogen and oxygen atoms in total. The highest BCUT2D eigenvalue weighted by atomic mass is 16.5. The van der Waals surface area contributed by atoms with Crippen molar-refractivity contribution in [1.29, 1.82) is 0 Å². The summed E-state index contributed by atoms with van der Waals surface area (Å²) in [4.78, 5) is 20.8. The van der Waals surface area contributed by atoms with Crippen LogP contribution in [0.5, 0.6) is 0 Å². The normalized spacial score (nSPS) is 14.3. The molecule has 2 unspecified atom stereocenters. The summed E-state index contributed by atoms with van der Waals surface area (Å²) < 4.78 is 6.53. The Labute approximate surface area is 256 Å². The van der Waals surface area contributed by atoms with Gasteiger partial charge < -0.3 is 15.0 Å². The number of carbonyl (C=O) groups is 1. The molecule has 0 saturated heterocycles. The first-order chi connectivity index (χ1) is 20.2. The lowest BCUT2D eigenvalue weighted by atomic mass is 10.0. The van der Waals surface area contributed by atoms with Crippen molar-refractivity contribution < 1.29 is 9.53 Å². The number of amides is 1. The lowest BCUT2D eigenvalue weighted by Crippen LogP contribution is -2.35. The molecule has 0 spiro atoms. The first kappa shape index (κ1) is 35.0. The van der Waals surface area contributed by atoms with E-state index in [2.05, 4.69) is 93.5 Å². The van der Waals surface area contributed by atoms with E-state index in [1.807, 2.05) is 37.8 Å². The molecule has 0 radical (unpaired) electrons. The van der Waals surface area contributed by atoms with Crippen LogP contribution in [0.4, 0.5) is 0 Å². The molecule has 0 aliphatic carbocycles. The van der Waals surface area contributed by atoms with E-state index in [1.54, 1.807) is 0 Å². The van der Waals surface area contributed by atoms with Crippen LogP contribution in [0.25, 0.3) is 0 Å². The topological polar surface area (TPSA) is 53.9 Å². The molecule has 230 valence electrons. The van der Waals surface area contributed by atoms with Crippen LogP contribution in [-0.2, 0) is 22.7 Å². The summed E-state index contributed by atoms with van der Waals surface area (Å²) in [5.41, 5.74) is 6.16. The minimum atomic E-state index is 0.0456. The number of amidine groups is 1. The van der Waals surface area contributed by atoms with Gasteiger partial charge in [-0.15, -0.1) is 0 Å². The van der Waals surface area contributed by atoms with E-state index >= 15 is 0 Å². The average molecular weight is 574 g/mol. The Hall–Kier alpha value is -3.18. The number of aliphatic imine (C=N–C) groups is 1. The SMILES string of the molecule is CCCC(OCc1ccccc1CN(CCC(C)CC)C(=O)C(/C=C(/C)CC)=C(\C)NC(C)=NCC)c1ccccc1. The maximum atomic E-state index is 14.3. The molecule has 2 aromatic rings. The first-order valence-electron chi connectivity index (χ1n) is 15.9. The number of benzene rings is 2. The van der Waals surface area contributed by atoms with Gasteiger partial charge in [-0.25, -0.2) is 0 Å². The van der Waals surface area contributed by atoms with Gasteiger partial charge in [0.1, 0.15) is 0 Å². The second-order valence-corrected chi connectivity index (χ2v) is 11.4. The zero-order chi connectivity index (χ0) is 30.9. The molecule has 2 atom stereocenters. The number of allylic oxidation sites excluding steroid dienone is 2. The molecule has 0 aromatic heterocycles. The minimum Gasteiger partial charge on any atom is -0.369 e. The van der Waals surface area contributed by atoms with E-state index in [0.717, 1.165) is 54.8 Å². The standard InChI is InChI=1S/C37H55N3O2/c1-9-18-36(32-19-14-13-15-20-32)42-27-34-22-17-16-21-33(34)26-40(24-23-28(5)10-2)37(41)35(25-29(6)11-3)30(7)39-31(8)38-12-4/h13-17,19-22,25,28,36H,9-12,18,23-24,26-27H2,1-8H3,(H,38,39)/b29-25-,35-30+. The van der Waals surface area contributed by atoms with Crippen molar-refractivity contribution in [2.24, 2.45) is 10.9 Å². The van der Waals surface area contributed by atoms with E-state index in [4.69, 9.17) is 4.74 Å². The summed E-state index contributed by atoms with van der Waals surface area (Å²) >= 11 is 0. The largest absolute Gasteiger partial charge is 0.369 e. The molecule has 0 heterocycles. The van der Waals surface area contributed by atoms with Gasteiger partial charge in [0.2, 0.25) is 0 Å². The van der Waals surface area contributed by atoms with Crippen molar-refractivity contribution in [2.75, 3.05) is 13.1 Å². The number of carbonyl (C=O) groups excluding carboxylic acids is 1. The Morgan fingerprint density at radius 2 is 1.62 bits per heavy atom. The second kappa shape index (κ2) is 19.1. The maximum Gasteiger partial charge on any atom is 0.255 e. The summed E-state index contributed by atoms with van der Waals surface area (Å²) in [6.45, 7) is 19.3. The van der Waals surface area contributed by atoms with Gasteiger partial charge in [0.25, 0.3) is 5.91 Å². The maximum absolute atomic E-state index is 14.3. The fraction of sp³-hybridized carbons (Fsp3) is 0.514. The third-order valence-corrected chi connectivity index (χ3v) is 7.86. The number of hydrogen-bond acceptors (Lipinski definition) is 3. The highest BCUT2D eigenvalue weighted by Crippen LogP contribution is 2.26. The highest BCUT2D eigenvalue weighted by molar-refractivity contribution is 5.98. The Morgan fingerprint density at radius 3 is 2.24 bits per heavy atom. The molecule has 2 aromatic carbocycles. The highest BCUT2D eigenvalue weighted by Gasteiger charge is 2.22. The summed E-state index contributed by atoms with van der Waals surface area (Å²) in [5, 5.41) is 3.38. The number of nitrogens with one attached hydrogen (secondary N) is 1. The molecular formula is C37H55N3O2. The van der Waals surface area contributed by atoms with Gasteiger partial charge in [0.15, 0.2) is 0 Å². The van der Waals surface area contributed by atoms with Crippen molar-refractivity contribution in [2.45, 2.75) is 107 Å². The molecule has 5 heteroatoms. The molecule has 0 aliphatic heterocycles. The molecule has 2 rings (SSSR count). The first-order valence-corrected chi connectivity index (χ1v) is 15.9. The van der Waals surface area contributed by atoms with Crippen LogP contribution in [0, 0.1) is 5.92 Å².